The van der Waals surface area contributed by atoms with Crippen molar-refractivity contribution in [3.8, 4) is 0 Å². The minimum absolute atomic E-state index is 0.270. The summed E-state index contributed by atoms with van der Waals surface area (Å²) in [6, 6.07) is 1.90. The molecule has 3 heteroatoms. The number of carbonyl (C=O) groups excluding carboxylic acids is 1. The Labute approximate surface area is 95.5 Å². The van der Waals surface area contributed by atoms with Gasteiger partial charge in [-0.3, -0.25) is 4.79 Å². The van der Waals surface area contributed by atoms with Crippen LogP contribution in [0.5, 0.6) is 0 Å². The van der Waals surface area contributed by atoms with E-state index in [4.69, 9.17) is 5.73 Å². The Morgan fingerprint density at radius 1 is 1.53 bits per heavy atom. The van der Waals surface area contributed by atoms with Crippen LogP contribution in [0.4, 0.5) is 0 Å². The van der Waals surface area contributed by atoms with Gasteiger partial charge in [0.15, 0.2) is 5.78 Å². The quantitative estimate of drug-likeness (QED) is 0.725. The molecule has 1 atom stereocenters. The van der Waals surface area contributed by atoms with Crippen LogP contribution in [-0.2, 0) is 0 Å². The second-order valence-electron chi connectivity index (χ2n) is 3.83. The summed E-state index contributed by atoms with van der Waals surface area (Å²) in [5, 5.41) is 3.87. The van der Waals surface area contributed by atoms with E-state index in [1.807, 2.05) is 16.8 Å². The number of Topliss-reactive ketones (excluding diaryl/α,β-unsaturated/α-hetero) is 1. The Kier molecular flexibility index (Phi) is 5.58. The molecule has 0 saturated heterocycles. The lowest BCUT2D eigenvalue weighted by Crippen LogP contribution is -2.10. The molecule has 0 saturated carbocycles. The molecule has 15 heavy (non-hydrogen) atoms. The lowest BCUT2D eigenvalue weighted by molar-refractivity contribution is 0.0973. The maximum Gasteiger partial charge on any atom is 0.163 e. The van der Waals surface area contributed by atoms with E-state index in [1.165, 1.54) is 0 Å². The highest BCUT2D eigenvalue weighted by molar-refractivity contribution is 7.08. The molecular weight excluding hydrogens is 206 g/mol. The molecule has 2 N–H and O–H groups in total. The predicted molar refractivity (Wildman–Crippen MR) is 65.3 cm³/mol. The van der Waals surface area contributed by atoms with Crippen molar-refractivity contribution in [3.05, 3.63) is 22.4 Å². The first-order valence-electron chi connectivity index (χ1n) is 5.53. The summed E-state index contributed by atoms with van der Waals surface area (Å²) in [5.74, 6) is 0.879. The van der Waals surface area contributed by atoms with E-state index in [9.17, 15) is 4.79 Å². The first-order valence-corrected chi connectivity index (χ1v) is 6.47. The van der Waals surface area contributed by atoms with Crippen molar-refractivity contribution in [2.45, 2.75) is 32.6 Å². The number of hydrogen-bond acceptors (Lipinski definition) is 3. The Hall–Kier alpha value is -0.670. The van der Waals surface area contributed by atoms with Gasteiger partial charge >= 0.3 is 0 Å². The zero-order valence-electron chi connectivity index (χ0n) is 9.24. The monoisotopic (exact) mass is 225 g/mol. The number of carbonyl (C=O) groups is 1. The molecule has 1 aromatic heterocycles. The van der Waals surface area contributed by atoms with Gasteiger partial charge in [0.05, 0.1) is 0 Å². The second kappa shape index (κ2) is 6.75. The predicted octanol–water partition coefficient (Wildman–Crippen LogP) is 3.09. The smallest absolute Gasteiger partial charge is 0.163 e. The molecule has 0 aliphatic rings. The van der Waals surface area contributed by atoms with Crippen LogP contribution in [0.25, 0.3) is 0 Å². The largest absolute Gasteiger partial charge is 0.330 e. The lowest BCUT2D eigenvalue weighted by Gasteiger charge is -2.12. The minimum Gasteiger partial charge on any atom is -0.330 e. The van der Waals surface area contributed by atoms with E-state index in [0.717, 1.165) is 31.4 Å². The van der Waals surface area contributed by atoms with Crippen LogP contribution in [0.15, 0.2) is 16.8 Å². The van der Waals surface area contributed by atoms with Gasteiger partial charge in [0.25, 0.3) is 0 Å². The van der Waals surface area contributed by atoms with Gasteiger partial charge in [-0.2, -0.15) is 11.3 Å². The zero-order chi connectivity index (χ0) is 11.1. The van der Waals surface area contributed by atoms with Gasteiger partial charge in [-0.15, -0.1) is 0 Å². The highest BCUT2D eigenvalue weighted by Crippen LogP contribution is 2.17. The van der Waals surface area contributed by atoms with Gasteiger partial charge in [-0.25, -0.2) is 0 Å². The van der Waals surface area contributed by atoms with Crippen molar-refractivity contribution >= 4 is 17.1 Å². The highest BCUT2D eigenvalue weighted by atomic mass is 32.1. The Balaban J connectivity index is 2.33. The summed E-state index contributed by atoms with van der Waals surface area (Å²) in [6.07, 6.45) is 3.79. The lowest BCUT2D eigenvalue weighted by atomic mass is 9.94. The van der Waals surface area contributed by atoms with Crippen LogP contribution >= 0.6 is 11.3 Å². The molecule has 1 unspecified atom stereocenters. The number of thiophene rings is 1. The standard InChI is InChI=1S/C12H19NOS/c1-2-10(5-7-13)3-4-12(14)11-6-8-15-9-11/h6,8-10H,2-5,7,13H2,1H3. The van der Waals surface area contributed by atoms with Crippen LogP contribution in [0.3, 0.4) is 0 Å². The third-order valence-electron chi connectivity index (χ3n) is 2.78. The molecule has 1 heterocycles. The van der Waals surface area contributed by atoms with Crippen molar-refractivity contribution < 1.29 is 4.79 Å². The number of hydrogen-bond donors (Lipinski definition) is 1. The van der Waals surface area contributed by atoms with E-state index in [0.29, 0.717) is 12.3 Å². The van der Waals surface area contributed by atoms with Gasteiger partial charge in [0.1, 0.15) is 0 Å². The molecule has 0 aliphatic heterocycles. The van der Waals surface area contributed by atoms with Crippen molar-refractivity contribution in [2.24, 2.45) is 11.7 Å². The van der Waals surface area contributed by atoms with E-state index in [2.05, 4.69) is 6.92 Å². The van der Waals surface area contributed by atoms with Crippen molar-refractivity contribution in [1.82, 2.24) is 0 Å². The number of ketones is 1. The maximum atomic E-state index is 11.7. The van der Waals surface area contributed by atoms with Gasteiger partial charge < -0.3 is 5.73 Å². The first kappa shape index (κ1) is 12.4. The first-order chi connectivity index (χ1) is 7.27. The summed E-state index contributed by atoms with van der Waals surface area (Å²) < 4.78 is 0. The van der Waals surface area contributed by atoms with Gasteiger partial charge in [0, 0.05) is 17.4 Å². The molecule has 0 bridgehead atoms. The molecule has 0 spiro atoms. The fraction of sp³-hybridized carbons (Fsp3) is 0.583. The molecule has 0 fully saturated rings. The van der Waals surface area contributed by atoms with Crippen LogP contribution in [0, 0.1) is 5.92 Å². The van der Waals surface area contributed by atoms with Crippen LogP contribution in [0.2, 0.25) is 0 Å². The van der Waals surface area contributed by atoms with Crippen molar-refractivity contribution in [2.75, 3.05) is 6.54 Å². The van der Waals surface area contributed by atoms with Crippen LogP contribution in [-0.4, -0.2) is 12.3 Å². The van der Waals surface area contributed by atoms with E-state index < -0.39 is 0 Å². The zero-order valence-corrected chi connectivity index (χ0v) is 10.1. The average molecular weight is 225 g/mol. The molecule has 0 aromatic carbocycles. The number of rotatable bonds is 7. The summed E-state index contributed by atoms with van der Waals surface area (Å²) in [7, 11) is 0. The van der Waals surface area contributed by atoms with Crippen molar-refractivity contribution in [3.63, 3.8) is 0 Å². The normalized spacial score (nSPS) is 12.7. The Morgan fingerprint density at radius 2 is 2.33 bits per heavy atom. The summed E-state index contributed by atoms with van der Waals surface area (Å²) in [4.78, 5) is 11.7. The summed E-state index contributed by atoms with van der Waals surface area (Å²) >= 11 is 1.58. The molecule has 1 rings (SSSR count). The van der Waals surface area contributed by atoms with Crippen LogP contribution < -0.4 is 5.73 Å². The molecule has 0 amide bonds. The van der Waals surface area contributed by atoms with Gasteiger partial charge in [-0.05, 0) is 36.8 Å². The topological polar surface area (TPSA) is 43.1 Å². The summed E-state index contributed by atoms with van der Waals surface area (Å²) in [6.45, 7) is 2.89. The Morgan fingerprint density at radius 3 is 2.87 bits per heavy atom. The fourth-order valence-corrected chi connectivity index (χ4v) is 2.35. The van der Waals surface area contributed by atoms with Gasteiger partial charge in [-0.1, -0.05) is 13.3 Å². The van der Waals surface area contributed by atoms with Crippen molar-refractivity contribution in [1.29, 1.82) is 0 Å². The molecule has 2 nitrogen and oxygen atoms in total. The fourth-order valence-electron chi connectivity index (χ4n) is 1.69. The van der Waals surface area contributed by atoms with Gasteiger partial charge in [0.2, 0.25) is 0 Å². The second-order valence-corrected chi connectivity index (χ2v) is 4.61. The highest BCUT2D eigenvalue weighted by Gasteiger charge is 2.10. The molecule has 0 aliphatic carbocycles. The third-order valence-corrected chi connectivity index (χ3v) is 3.46. The minimum atomic E-state index is 0.270. The van der Waals surface area contributed by atoms with E-state index in [-0.39, 0.29) is 5.78 Å². The molecule has 84 valence electrons. The molecule has 1 aromatic rings. The molecular formula is C12H19NOS. The summed E-state index contributed by atoms with van der Waals surface area (Å²) in [5.41, 5.74) is 6.39. The van der Waals surface area contributed by atoms with Crippen LogP contribution in [0.1, 0.15) is 43.0 Å². The average Bonchev–Trinajstić information content (AvgIpc) is 2.77. The van der Waals surface area contributed by atoms with E-state index in [1.54, 1.807) is 11.3 Å². The third kappa shape index (κ3) is 4.14. The Bertz CT molecular complexity index is 282. The maximum absolute atomic E-state index is 11.7. The molecule has 0 radical (unpaired) electrons. The SMILES string of the molecule is CCC(CCN)CCC(=O)c1ccsc1. The number of nitrogens with two attached hydrogens (primary N) is 1. The van der Waals surface area contributed by atoms with E-state index >= 15 is 0 Å².